The monoisotopic (exact) mass is 369 g/mol. The predicted molar refractivity (Wildman–Crippen MR) is 92.3 cm³/mol. The molecule has 0 spiro atoms. The van der Waals surface area contributed by atoms with E-state index in [4.69, 9.17) is 16.0 Å². The highest BCUT2D eigenvalue weighted by atomic mass is 35.5. The van der Waals surface area contributed by atoms with Crippen LogP contribution in [0.3, 0.4) is 0 Å². The maximum Gasteiger partial charge on any atom is 0.391 e. The number of pyridine rings is 1. The summed E-state index contributed by atoms with van der Waals surface area (Å²) in [6, 6.07) is 10.9. The van der Waals surface area contributed by atoms with E-state index in [9.17, 15) is 14.9 Å². The number of halogens is 1. The Morgan fingerprint density at radius 1 is 1.19 bits per heavy atom. The molecule has 26 heavy (non-hydrogen) atoms. The van der Waals surface area contributed by atoms with E-state index in [0.29, 0.717) is 10.9 Å². The molecule has 0 aliphatic heterocycles. The summed E-state index contributed by atoms with van der Waals surface area (Å²) in [5.74, 6) is -0.440. The molecule has 0 aliphatic carbocycles. The highest BCUT2D eigenvalue weighted by Crippen LogP contribution is 2.28. The standard InChI is InChI=1S/C16H8ClN5O4/c17-10-5-3-7-18-14(10)21-12(8-13(20-21)22(24)25)15-19-11-6-2-1-4-9(11)16(23)26-15/h1-8H. The van der Waals surface area contributed by atoms with Crippen LogP contribution in [0.1, 0.15) is 0 Å². The minimum Gasteiger partial charge on any atom is -0.401 e. The van der Waals surface area contributed by atoms with Crippen LogP contribution in [0.5, 0.6) is 0 Å². The largest absolute Gasteiger partial charge is 0.401 e. The number of hydrogen-bond acceptors (Lipinski definition) is 7. The molecule has 3 heterocycles. The lowest BCUT2D eigenvalue weighted by Gasteiger charge is -2.03. The lowest BCUT2D eigenvalue weighted by atomic mass is 10.2. The van der Waals surface area contributed by atoms with Gasteiger partial charge >= 0.3 is 11.4 Å². The lowest BCUT2D eigenvalue weighted by molar-refractivity contribution is -0.389. The van der Waals surface area contributed by atoms with Crippen molar-refractivity contribution in [2.45, 2.75) is 0 Å². The maximum atomic E-state index is 12.2. The molecule has 0 fully saturated rings. The molecule has 3 aromatic heterocycles. The van der Waals surface area contributed by atoms with Gasteiger partial charge in [0.1, 0.15) is 0 Å². The molecular formula is C16H8ClN5O4. The smallest absolute Gasteiger partial charge is 0.391 e. The van der Waals surface area contributed by atoms with Crippen LogP contribution in [0.2, 0.25) is 5.02 Å². The van der Waals surface area contributed by atoms with Gasteiger partial charge in [0.2, 0.25) is 0 Å². The summed E-state index contributed by atoms with van der Waals surface area (Å²) in [5.41, 5.74) is -0.144. The topological polar surface area (TPSA) is 117 Å². The first kappa shape index (κ1) is 15.9. The molecule has 10 heteroatoms. The molecular weight excluding hydrogens is 362 g/mol. The summed E-state index contributed by atoms with van der Waals surface area (Å²) >= 11 is 6.13. The van der Waals surface area contributed by atoms with Gasteiger partial charge < -0.3 is 14.5 Å². The Morgan fingerprint density at radius 3 is 2.77 bits per heavy atom. The number of aromatic nitrogens is 4. The SMILES string of the molecule is O=c1oc(-c2cc([N+](=O)[O-])nn2-c2ncccc2Cl)nc2ccccc12. The minimum atomic E-state index is -0.671. The summed E-state index contributed by atoms with van der Waals surface area (Å²) in [7, 11) is 0. The molecule has 0 saturated carbocycles. The van der Waals surface area contributed by atoms with Crippen molar-refractivity contribution in [1.29, 1.82) is 0 Å². The molecule has 0 radical (unpaired) electrons. The molecule has 0 atom stereocenters. The van der Waals surface area contributed by atoms with Gasteiger partial charge in [-0.1, -0.05) is 23.7 Å². The second kappa shape index (κ2) is 6.05. The molecule has 128 valence electrons. The van der Waals surface area contributed by atoms with Gasteiger partial charge in [-0.3, -0.25) is 0 Å². The number of fused-ring (bicyclic) bond motifs is 1. The van der Waals surface area contributed by atoms with Gasteiger partial charge in [-0.15, -0.1) is 4.68 Å². The van der Waals surface area contributed by atoms with Crippen molar-refractivity contribution in [3.8, 4) is 17.4 Å². The average molecular weight is 370 g/mol. The molecule has 0 unspecified atom stereocenters. The number of benzene rings is 1. The Hall–Kier alpha value is -3.59. The Kier molecular flexibility index (Phi) is 3.70. The fraction of sp³-hybridized carbons (Fsp3) is 0. The quantitative estimate of drug-likeness (QED) is 0.402. The van der Waals surface area contributed by atoms with E-state index in [1.54, 1.807) is 36.4 Å². The summed E-state index contributed by atoms with van der Waals surface area (Å²) < 4.78 is 6.38. The number of nitro groups is 1. The highest BCUT2D eigenvalue weighted by Gasteiger charge is 2.26. The van der Waals surface area contributed by atoms with E-state index in [2.05, 4.69) is 15.1 Å². The van der Waals surface area contributed by atoms with Gasteiger partial charge in [0.15, 0.2) is 11.5 Å². The normalized spacial score (nSPS) is 11.0. The molecule has 4 aromatic rings. The van der Waals surface area contributed by atoms with Crippen LogP contribution in [0.4, 0.5) is 5.82 Å². The lowest BCUT2D eigenvalue weighted by Crippen LogP contribution is -2.07. The van der Waals surface area contributed by atoms with Gasteiger partial charge in [0, 0.05) is 6.20 Å². The average Bonchev–Trinajstić information content (AvgIpc) is 3.07. The van der Waals surface area contributed by atoms with Crippen molar-refractivity contribution >= 4 is 28.3 Å². The predicted octanol–water partition coefficient (Wildman–Crippen LogP) is 3.00. The van der Waals surface area contributed by atoms with E-state index in [1.807, 2.05) is 0 Å². The van der Waals surface area contributed by atoms with Crippen molar-refractivity contribution in [2.24, 2.45) is 0 Å². The van der Waals surface area contributed by atoms with E-state index < -0.39 is 16.4 Å². The molecule has 9 nitrogen and oxygen atoms in total. The summed E-state index contributed by atoms with van der Waals surface area (Å²) in [5, 5.41) is 15.6. The van der Waals surface area contributed by atoms with Crippen LogP contribution >= 0.6 is 11.6 Å². The fourth-order valence-corrected chi connectivity index (χ4v) is 2.63. The van der Waals surface area contributed by atoms with Crippen LogP contribution < -0.4 is 5.63 Å². The first-order valence-electron chi connectivity index (χ1n) is 7.30. The van der Waals surface area contributed by atoms with E-state index in [0.717, 1.165) is 10.7 Å². The zero-order valence-electron chi connectivity index (χ0n) is 12.9. The maximum absolute atomic E-state index is 12.2. The molecule has 4 rings (SSSR count). The van der Waals surface area contributed by atoms with Gasteiger partial charge in [-0.25, -0.2) is 14.8 Å². The highest BCUT2D eigenvalue weighted by molar-refractivity contribution is 6.32. The van der Waals surface area contributed by atoms with Gasteiger partial charge in [-0.05, 0) is 29.2 Å². The molecule has 0 N–H and O–H groups in total. The molecule has 0 aliphatic rings. The molecule has 1 aromatic carbocycles. The Labute approximate surface area is 149 Å². The van der Waals surface area contributed by atoms with Crippen LogP contribution in [0, 0.1) is 10.1 Å². The Morgan fingerprint density at radius 2 is 2.00 bits per heavy atom. The number of nitrogens with zero attached hydrogens (tertiary/aromatic N) is 5. The van der Waals surface area contributed by atoms with Crippen molar-refractivity contribution in [3.63, 3.8) is 0 Å². The summed E-state index contributed by atoms with van der Waals surface area (Å²) in [6.07, 6.45) is 1.46. The second-order valence-corrected chi connectivity index (χ2v) is 5.60. The van der Waals surface area contributed by atoms with Crippen LogP contribution in [0.25, 0.3) is 28.3 Å². The zero-order chi connectivity index (χ0) is 18.3. The third kappa shape index (κ3) is 2.60. The minimum absolute atomic E-state index is 0.0835. The molecule has 0 saturated heterocycles. The number of hydrogen-bond donors (Lipinski definition) is 0. The van der Waals surface area contributed by atoms with Gasteiger partial charge in [0.05, 0.1) is 27.1 Å². The van der Waals surface area contributed by atoms with Crippen LogP contribution in [-0.4, -0.2) is 24.7 Å². The molecule has 0 amide bonds. The van der Waals surface area contributed by atoms with E-state index >= 15 is 0 Å². The van der Waals surface area contributed by atoms with Crippen LogP contribution in [0.15, 0.2) is 57.9 Å². The van der Waals surface area contributed by atoms with Gasteiger partial charge in [0.25, 0.3) is 5.89 Å². The van der Waals surface area contributed by atoms with Crippen LogP contribution in [-0.2, 0) is 0 Å². The summed E-state index contributed by atoms with van der Waals surface area (Å²) in [6.45, 7) is 0. The summed E-state index contributed by atoms with van der Waals surface area (Å²) in [4.78, 5) is 31.1. The van der Waals surface area contributed by atoms with Crippen molar-refractivity contribution < 1.29 is 9.34 Å². The first-order chi connectivity index (χ1) is 12.5. The second-order valence-electron chi connectivity index (χ2n) is 5.19. The van der Waals surface area contributed by atoms with Gasteiger partial charge in [-0.2, -0.15) is 0 Å². The van der Waals surface area contributed by atoms with E-state index in [-0.39, 0.29) is 22.4 Å². The van der Waals surface area contributed by atoms with E-state index in [1.165, 1.54) is 6.20 Å². The fourth-order valence-electron chi connectivity index (χ4n) is 2.43. The Balaban J connectivity index is 2.01. The number of para-hydroxylation sites is 1. The van der Waals surface area contributed by atoms with Crippen molar-refractivity contribution in [2.75, 3.05) is 0 Å². The zero-order valence-corrected chi connectivity index (χ0v) is 13.6. The molecule has 0 bridgehead atoms. The third-order valence-electron chi connectivity index (χ3n) is 3.58. The van der Waals surface area contributed by atoms with Crippen molar-refractivity contribution in [1.82, 2.24) is 19.7 Å². The number of rotatable bonds is 3. The first-order valence-corrected chi connectivity index (χ1v) is 7.68. The Bertz CT molecular complexity index is 1220. The third-order valence-corrected chi connectivity index (χ3v) is 3.87. The van der Waals surface area contributed by atoms with Crippen molar-refractivity contribution in [3.05, 3.63) is 74.2 Å².